The van der Waals surface area contributed by atoms with Crippen LogP contribution in [0.25, 0.3) is 11.0 Å². The van der Waals surface area contributed by atoms with Crippen molar-refractivity contribution in [1.82, 2.24) is 0 Å². The molecule has 0 saturated heterocycles. The van der Waals surface area contributed by atoms with Crippen LogP contribution in [0.3, 0.4) is 0 Å². The molecule has 0 aliphatic carbocycles. The van der Waals surface area contributed by atoms with Crippen LogP contribution in [-0.2, 0) is 11.8 Å². The minimum atomic E-state index is 0.172. The Morgan fingerprint density at radius 3 is 2.35 bits per heavy atom. The maximum atomic E-state index is 5.94. The topological polar surface area (TPSA) is 13.1 Å². The summed E-state index contributed by atoms with van der Waals surface area (Å²) in [7, 11) is 0. The van der Waals surface area contributed by atoms with Crippen LogP contribution in [0.5, 0.6) is 0 Å². The molecule has 0 unspecified atom stereocenters. The minimum absolute atomic E-state index is 0.172. The highest BCUT2D eigenvalue weighted by atomic mass is 16.3. The smallest absolute Gasteiger partial charge is 0.134 e. The van der Waals surface area contributed by atoms with Crippen molar-refractivity contribution in [2.75, 3.05) is 0 Å². The molecule has 102 valence electrons. The zero-order chi connectivity index (χ0) is 14.2. The van der Waals surface area contributed by atoms with E-state index in [2.05, 4.69) is 69.3 Å². The molecule has 0 radical (unpaired) electrons. The van der Waals surface area contributed by atoms with Gasteiger partial charge in [0.05, 0.1) is 0 Å². The van der Waals surface area contributed by atoms with Crippen LogP contribution in [0, 0.1) is 0 Å². The number of fused-ring (bicyclic) bond motifs is 1. The van der Waals surface area contributed by atoms with E-state index < -0.39 is 0 Å². The Morgan fingerprint density at radius 1 is 0.900 bits per heavy atom. The Morgan fingerprint density at radius 2 is 1.65 bits per heavy atom. The summed E-state index contributed by atoms with van der Waals surface area (Å²) >= 11 is 0. The average Bonchev–Trinajstić information content (AvgIpc) is 2.80. The molecular formula is C19H20O. The van der Waals surface area contributed by atoms with Crippen molar-refractivity contribution in [2.45, 2.75) is 32.6 Å². The fourth-order valence-electron chi connectivity index (χ4n) is 2.45. The molecule has 0 spiro atoms. The van der Waals surface area contributed by atoms with E-state index >= 15 is 0 Å². The van der Waals surface area contributed by atoms with Gasteiger partial charge in [-0.05, 0) is 34.7 Å². The standard InChI is InChI=1S/C19H20O/c1-19(2,3)16-9-10-18-15(12-16)13-17(20-18)11-14-7-5-4-6-8-14/h4-10,12-13H,11H2,1-3H3. The van der Waals surface area contributed by atoms with Crippen molar-refractivity contribution < 1.29 is 4.42 Å². The zero-order valence-electron chi connectivity index (χ0n) is 12.3. The third-order valence-corrected chi connectivity index (χ3v) is 3.65. The zero-order valence-corrected chi connectivity index (χ0v) is 12.3. The molecule has 0 N–H and O–H groups in total. The van der Waals surface area contributed by atoms with E-state index in [0.29, 0.717) is 0 Å². The maximum absolute atomic E-state index is 5.94. The van der Waals surface area contributed by atoms with Gasteiger partial charge in [0, 0.05) is 11.8 Å². The van der Waals surface area contributed by atoms with Gasteiger partial charge in [0.2, 0.25) is 0 Å². The van der Waals surface area contributed by atoms with Crippen molar-refractivity contribution in [3.8, 4) is 0 Å². The van der Waals surface area contributed by atoms with E-state index in [1.54, 1.807) is 0 Å². The second-order valence-corrected chi connectivity index (χ2v) is 6.38. The largest absolute Gasteiger partial charge is 0.461 e. The summed E-state index contributed by atoms with van der Waals surface area (Å²) in [6.45, 7) is 6.71. The van der Waals surface area contributed by atoms with Gasteiger partial charge < -0.3 is 4.42 Å². The summed E-state index contributed by atoms with van der Waals surface area (Å²) in [4.78, 5) is 0. The van der Waals surface area contributed by atoms with Crippen molar-refractivity contribution >= 4 is 11.0 Å². The number of rotatable bonds is 2. The number of hydrogen-bond donors (Lipinski definition) is 0. The van der Waals surface area contributed by atoms with Gasteiger partial charge in [0.15, 0.2) is 0 Å². The lowest BCUT2D eigenvalue weighted by molar-refractivity contribution is 0.561. The molecule has 3 rings (SSSR count). The van der Waals surface area contributed by atoms with Gasteiger partial charge >= 0.3 is 0 Å². The molecule has 0 aliphatic heterocycles. The first-order valence-electron chi connectivity index (χ1n) is 7.09. The molecule has 0 aliphatic rings. The predicted molar refractivity (Wildman–Crippen MR) is 84.2 cm³/mol. The van der Waals surface area contributed by atoms with E-state index in [1.807, 2.05) is 6.07 Å². The van der Waals surface area contributed by atoms with Gasteiger partial charge in [-0.1, -0.05) is 57.2 Å². The van der Waals surface area contributed by atoms with Gasteiger partial charge in [-0.2, -0.15) is 0 Å². The van der Waals surface area contributed by atoms with Crippen molar-refractivity contribution in [3.63, 3.8) is 0 Å². The second-order valence-electron chi connectivity index (χ2n) is 6.38. The van der Waals surface area contributed by atoms with E-state index in [-0.39, 0.29) is 5.41 Å². The Kier molecular flexibility index (Phi) is 3.13. The van der Waals surface area contributed by atoms with Crippen LogP contribution in [0.1, 0.15) is 37.7 Å². The predicted octanol–water partition coefficient (Wildman–Crippen LogP) is 5.32. The van der Waals surface area contributed by atoms with E-state index in [0.717, 1.165) is 17.8 Å². The van der Waals surface area contributed by atoms with Gasteiger partial charge in [0.1, 0.15) is 11.3 Å². The quantitative estimate of drug-likeness (QED) is 0.610. The molecular weight excluding hydrogens is 244 g/mol. The lowest BCUT2D eigenvalue weighted by Gasteiger charge is -2.18. The molecule has 0 bridgehead atoms. The first-order chi connectivity index (χ1) is 9.52. The van der Waals surface area contributed by atoms with Crippen LogP contribution in [-0.4, -0.2) is 0 Å². The van der Waals surface area contributed by atoms with Crippen molar-refractivity contribution in [1.29, 1.82) is 0 Å². The average molecular weight is 264 g/mol. The summed E-state index contributed by atoms with van der Waals surface area (Å²) in [5, 5.41) is 1.20. The monoisotopic (exact) mass is 264 g/mol. The highest BCUT2D eigenvalue weighted by Gasteiger charge is 2.15. The van der Waals surface area contributed by atoms with Gasteiger partial charge in [-0.15, -0.1) is 0 Å². The molecule has 2 aromatic carbocycles. The molecule has 1 heteroatoms. The van der Waals surface area contributed by atoms with E-state index in [9.17, 15) is 0 Å². The van der Waals surface area contributed by atoms with Crippen molar-refractivity contribution in [2.24, 2.45) is 0 Å². The number of hydrogen-bond acceptors (Lipinski definition) is 1. The van der Waals surface area contributed by atoms with Gasteiger partial charge in [-0.3, -0.25) is 0 Å². The van der Waals surface area contributed by atoms with Gasteiger partial charge in [0.25, 0.3) is 0 Å². The first-order valence-corrected chi connectivity index (χ1v) is 7.09. The molecule has 3 aromatic rings. The Hall–Kier alpha value is -2.02. The summed E-state index contributed by atoms with van der Waals surface area (Å²) in [6, 6.07) is 19.1. The third kappa shape index (κ3) is 2.62. The van der Waals surface area contributed by atoms with Crippen LogP contribution >= 0.6 is 0 Å². The molecule has 1 aromatic heterocycles. The van der Waals surface area contributed by atoms with Gasteiger partial charge in [-0.25, -0.2) is 0 Å². The Bertz CT molecular complexity index is 714. The Balaban J connectivity index is 1.95. The molecule has 0 fully saturated rings. The van der Waals surface area contributed by atoms with E-state index in [1.165, 1.54) is 16.5 Å². The Labute approximate surface area is 120 Å². The fraction of sp³-hybridized carbons (Fsp3) is 0.263. The molecule has 0 amide bonds. The summed E-state index contributed by atoms with van der Waals surface area (Å²) in [5.41, 5.74) is 3.77. The first kappa shape index (κ1) is 13.0. The second kappa shape index (κ2) is 4.82. The SMILES string of the molecule is CC(C)(C)c1ccc2oc(Cc3ccccc3)cc2c1. The molecule has 1 heterocycles. The van der Waals surface area contributed by atoms with Crippen LogP contribution < -0.4 is 0 Å². The highest BCUT2D eigenvalue weighted by Crippen LogP contribution is 2.28. The van der Waals surface area contributed by atoms with Crippen molar-refractivity contribution in [3.05, 3.63) is 71.5 Å². The summed E-state index contributed by atoms with van der Waals surface area (Å²) in [6.07, 6.45) is 0.848. The fourth-order valence-corrected chi connectivity index (χ4v) is 2.45. The molecule has 20 heavy (non-hydrogen) atoms. The summed E-state index contributed by atoms with van der Waals surface area (Å²) < 4.78 is 5.94. The number of benzene rings is 2. The maximum Gasteiger partial charge on any atom is 0.134 e. The van der Waals surface area contributed by atoms with Crippen LogP contribution in [0.4, 0.5) is 0 Å². The van der Waals surface area contributed by atoms with Crippen LogP contribution in [0.2, 0.25) is 0 Å². The molecule has 1 nitrogen and oxygen atoms in total. The van der Waals surface area contributed by atoms with Crippen LogP contribution in [0.15, 0.2) is 59.0 Å². The minimum Gasteiger partial charge on any atom is -0.461 e. The van der Waals surface area contributed by atoms with E-state index in [4.69, 9.17) is 4.42 Å². The lowest BCUT2D eigenvalue weighted by atomic mass is 9.86. The summed E-state index contributed by atoms with van der Waals surface area (Å²) in [5.74, 6) is 1.03. The number of furan rings is 1. The highest BCUT2D eigenvalue weighted by molar-refractivity contribution is 5.79. The normalized spacial score (nSPS) is 11.9. The third-order valence-electron chi connectivity index (χ3n) is 3.65. The lowest BCUT2D eigenvalue weighted by Crippen LogP contribution is -2.10. The molecule has 0 saturated carbocycles. The molecule has 0 atom stereocenters.